The van der Waals surface area contributed by atoms with Crippen molar-refractivity contribution in [1.82, 2.24) is 4.98 Å². The van der Waals surface area contributed by atoms with Gasteiger partial charge in [0, 0.05) is 35.2 Å². The number of amides is 1. The van der Waals surface area contributed by atoms with Gasteiger partial charge in [-0.25, -0.2) is 19.0 Å². The number of benzene rings is 2. The molecule has 1 amide bonds. The van der Waals surface area contributed by atoms with E-state index in [0.29, 0.717) is 33.5 Å². The molecule has 2 heterocycles. The lowest BCUT2D eigenvalue weighted by Gasteiger charge is -2.21. The predicted octanol–water partition coefficient (Wildman–Crippen LogP) is 6.37. The number of anilines is 1. The summed E-state index contributed by atoms with van der Waals surface area (Å²) in [5, 5.41) is 3.40. The predicted molar refractivity (Wildman–Crippen MR) is 137 cm³/mol. The zero-order chi connectivity index (χ0) is 26.7. The van der Waals surface area contributed by atoms with Crippen LogP contribution in [0.25, 0.3) is 11.0 Å². The molecule has 0 aliphatic carbocycles. The topological polar surface area (TPSA) is 99.9 Å². The number of hydrogen-bond donors (Lipinski definition) is 1. The third kappa shape index (κ3) is 5.88. The summed E-state index contributed by atoms with van der Waals surface area (Å²) in [6.45, 7) is 7.14. The van der Waals surface area contributed by atoms with E-state index in [1.807, 2.05) is 6.92 Å². The van der Waals surface area contributed by atoms with Gasteiger partial charge in [-0.1, -0.05) is 12.1 Å². The first-order valence-corrected chi connectivity index (χ1v) is 11.6. The lowest BCUT2D eigenvalue weighted by molar-refractivity contribution is 0.0635. The number of pyridine rings is 1. The van der Waals surface area contributed by atoms with Crippen LogP contribution in [-0.4, -0.2) is 23.8 Å². The van der Waals surface area contributed by atoms with Gasteiger partial charge in [-0.05, 0) is 63.6 Å². The van der Waals surface area contributed by atoms with Gasteiger partial charge in [0.1, 0.15) is 22.7 Å². The fourth-order valence-electron chi connectivity index (χ4n) is 3.87. The standard InChI is InChI=1S/C28H27FN2O6/c1-16-19-12-11-18(35-25-21(29)9-7-13-30-25)15-23(19)36-26(32)20(16)14-17-8-6-10-22(24(17)34-5)31-27(33)37-28(2,3)4/h6-13,15H,14H2,1-5H3,(H,31,33). The molecule has 4 aromatic rings. The van der Waals surface area contributed by atoms with Crippen molar-refractivity contribution in [1.29, 1.82) is 0 Å². The van der Waals surface area contributed by atoms with Gasteiger partial charge in [-0.2, -0.15) is 0 Å². The molecular weight excluding hydrogens is 479 g/mol. The Morgan fingerprint density at radius 3 is 2.62 bits per heavy atom. The first-order chi connectivity index (χ1) is 17.6. The van der Waals surface area contributed by atoms with Gasteiger partial charge in [-0.15, -0.1) is 0 Å². The molecule has 0 atom stereocenters. The summed E-state index contributed by atoms with van der Waals surface area (Å²) in [6.07, 6.45) is 1.00. The molecule has 2 aromatic carbocycles. The number of para-hydroxylation sites is 1. The van der Waals surface area contributed by atoms with E-state index in [4.69, 9.17) is 18.6 Å². The zero-order valence-corrected chi connectivity index (χ0v) is 21.2. The largest absolute Gasteiger partial charge is 0.494 e. The van der Waals surface area contributed by atoms with Crippen molar-refractivity contribution in [2.45, 2.75) is 39.7 Å². The highest BCUT2D eigenvalue weighted by Gasteiger charge is 2.20. The zero-order valence-electron chi connectivity index (χ0n) is 21.2. The van der Waals surface area contributed by atoms with Gasteiger partial charge in [0.2, 0.25) is 0 Å². The molecule has 0 unspecified atom stereocenters. The third-order valence-corrected chi connectivity index (χ3v) is 5.50. The number of carbonyl (C=O) groups excluding carboxylic acids is 1. The Bertz CT molecular complexity index is 1520. The van der Waals surface area contributed by atoms with E-state index >= 15 is 0 Å². The third-order valence-electron chi connectivity index (χ3n) is 5.50. The van der Waals surface area contributed by atoms with Gasteiger partial charge < -0.3 is 18.6 Å². The lowest BCUT2D eigenvalue weighted by Crippen LogP contribution is -2.27. The molecule has 0 fully saturated rings. The smallest absolute Gasteiger partial charge is 0.412 e. The van der Waals surface area contributed by atoms with Crippen molar-refractivity contribution in [3.8, 4) is 17.4 Å². The molecule has 192 valence electrons. The Morgan fingerprint density at radius 2 is 1.92 bits per heavy atom. The van der Waals surface area contributed by atoms with Crippen LogP contribution in [0.2, 0.25) is 0 Å². The van der Waals surface area contributed by atoms with Gasteiger partial charge in [-0.3, -0.25) is 5.32 Å². The van der Waals surface area contributed by atoms with Crippen LogP contribution in [0.3, 0.4) is 0 Å². The second kappa shape index (κ2) is 10.3. The maximum atomic E-state index is 13.9. The number of aryl methyl sites for hydroxylation is 1. The molecule has 0 bridgehead atoms. The first-order valence-electron chi connectivity index (χ1n) is 11.6. The normalized spacial score (nSPS) is 11.3. The molecule has 0 radical (unpaired) electrons. The second-order valence-electron chi connectivity index (χ2n) is 9.35. The molecule has 8 nitrogen and oxygen atoms in total. The van der Waals surface area contributed by atoms with E-state index in [1.54, 1.807) is 51.1 Å². The SMILES string of the molecule is COc1c(Cc2c(C)c3ccc(Oc4ncccc4F)cc3oc2=O)cccc1NC(=O)OC(C)(C)C. The Labute approximate surface area is 213 Å². The lowest BCUT2D eigenvalue weighted by atomic mass is 9.98. The molecule has 0 saturated heterocycles. The van der Waals surface area contributed by atoms with E-state index in [0.717, 1.165) is 5.56 Å². The number of nitrogens with zero attached hydrogens (tertiary/aromatic N) is 1. The Hall–Kier alpha value is -4.40. The van der Waals surface area contributed by atoms with Crippen molar-refractivity contribution in [2.75, 3.05) is 12.4 Å². The number of halogens is 1. The quantitative estimate of drug-likeness (QED) is 0.303. The Morgan fingerprint density at radius 1 is 1.14 bits per heavy atom. The summed E-state index contributed by atoms with van der Waals surface area (Å²) >= 11 is 0. The second-order valence-corrected chi connectivity index (χ2v) is 9.35. The van der Waals surface area contributed by atoms with Crippen LogP contribution in [0.15, 0.2) is 63.9 Å². The van der Waals surface area contributed by atoms with Crippen LogP contribution in [-0.2, 0) is 11.2 Å². The summed E-state index contributed by atoms with van der Waals surface area (Å²) in [7, 11) is 1.49. The van der Waals surface area contributed by atoms with Crippen LogP contribution >= 0.6 is 0 Å². The molecule has 1 N–H and O–H groups in total. The number of ether oxygens (including phenoxy) is 3. The van der Waals surface area contributed by atoms with Crippen molar-refractivity contribution in [2.24, 2.45) is 0 Å². The molecule has 0 spiro atoms. The average Bonchev–Trinajstić information content (AvgIpc) is 2.82. The van der Waals surface area contributed by atoms with Crippen molar-refractivity contribution < 1.29 is 27.8 Å². The average molecular weight is 507 g/mol. The number of aromatic nitrogens is 1. The highest BCUT2D eigenvalue weighted by atomic mass is 19.1. The molecule has 0 aliphatic rings. The summed E-state index contributed by atoms with van der Waals surface area (Å²) < 4.78 is 35.9. The number of fused-ring (bicyclic) bond motifs is 1. The Kier molecular flexibility index (Phi) is 7.15. The van der Waals surface area contributed by atoms with E-state index in [9.17, 15) is 14.0 Å². The van der Waals surface area contributed by atoms with Crippen LogP contribution < -0.4 is 20.4 Å². The summed E-state index contributed by atoms with van der Waals surface area (Å²) in [6, 6.07) is 12.9. The fourth-order valence-corrected chi connectivity index (χ4v) is 3.87. The molecular formula is C28H27FN2O6. The van der Waals surface area contributed by atoms with Crippen LogP contribution in [0, 0.1) is 12.7 Å². The van der Waals surface area contributed by atoms with Crippen LogP contribution in [0.1, 0.15) is 37.5 Å². The minimum atomic E-state index is -0.660. The maximum Gasteiger partial charge on any atom is 0.412 e. The number of carbonyl (C=O) groups is 1. The minimum Gasteiger partial charge on any atom is -0.494 e. The van der Waals surface area contributed by atoms with Crippen molar-refractivity contribution in [3.63, 3.8) is 0 Å². The van der Waals surface area contributed by atoms with E-state index < -0.39 is 23.1 Å². The molecule has 2 aromatic heterocycles. The summed E-state index contributed by atoms with van der Waals surface area (Å²) in [4.78, 5) is 29.2. The van der Waals surface area contributed by atoms with Crippen molar-refractivity contribution in [3.05, 3.63) is 87.7 Å². The molecule has 0 aliphatic heterocycles. The van der Waals surface area contributed by atoms with Gasteiger partial charge in [0.15, 0.2) is 5.82 Å². The fraction of sp³-hybridized carbons (Fsp3) is 0.250. The Balaban J connectivity index is 1.65. The van der Waals surface area contributed by atoms with Crippen LogP contribution in [0.4, 0.5) is 14.9 Å². The van der Waals surface area contributed by atoms with Crippen molar-refractivity contribution >= 4 is 22.7 Å². The minimum absolute atomic E-state index is 0.176. The van der Waals surface area contributed by atoms with Gasteiger partial charge in [0.05, 0.1) is 12.8 Å². The molecule has 37 heavy (non-hydrogen) atoms. The highest BCUT2D eigenvalue weighted by Crippen LogP contribution is 2.33. The van der Waals surface area contributed by atoms with E-state index in [2.05, 4.69) is 10.3 Å². The van der Waals surface area contributed by atoms with Crippen LogP contribution in [0.5, 0.6) is 17.4 Å². The monoisotopic (exact) mass is 506 g/mol. The van der Waals surface area contributed by atoms with Gasteiger partial charge >= 0.3 is 11.7 Å². The van der Waals surface area contributed by atoms with E-state index in [1.165, 1.54) is 31.5 Å². The number of rotatable bonds is 6. The number of nitrogens with one attached hydrogen (secondary N) is 1. The van der Waals surface area contributed by atoms with Gasteiger partial charge in [0.25, 0.3) is 5.88 Å². The number of hydrogen-bond acceptors (Lipinski definition) is 7. The molecule has 4 rings (SSSR count). The molecule has 9 heteroatoms. The summed E-state index contributed by atoms with van der Waals surface area (Å²) in [5.74, 6) is -0.0891. The highest BCUT2D eigenvalue weighted by molar-refractivity contribution is 5.87. The first kappa shape index (κ1) is 25.7. The van der Waals surface area contributed by atoms with E-state index in [-0.39, 0.29) is 18.1 Å². The number of methoxy groups -OCH3 is 1. The summed E-state index contributed by atoms with van der Waals surface area (Å²) in [5.41, 5.74) is 1.36. The molecule has 0 saturated carbocycles. The maximum absolute atomic E-state index is 13.9.